The number of hydrogen-bond donors (Lipinski definition) is 1. The number of ether oxygens (including phenoxy) is 6. The average Bonchev–Trinajstić information content (AvgIpc) is 2.93. The maximum Gasteiger partial charge on any atom is 0.410 e. The molecule has 2 aromatic rings. The molecule has 1 unspecified atom stereocenters. The smallest absolute Gasteiger partial charge is 0.410 e. The summed E-state index contributed by atoms with van der Waals surface area (Å²) in [5.74, 6) is 0.147. The van der Waals surface area contributed by atoms with E-state index >= 15 is 0 Å². The fourth-order valence-corrected chi connectivity index (χ4v) is 5.49. The second-order valence-corrected chi connectivity index (χ2v) is 18.6. The van der Waals surface area contributed by atoms with Gasteiger partial charge in [0.1, 0.15) is 35.2 Å². The molecular formula is C32H47NO9Si. The van der Waals surface area contributed by atoms with E-state index in [-0.39, 0.29) is 25.9 Å². The van der Waals surface area contributed by atoms with Crippen LogP contribution in [0.4, 0.5) is 4.79 Å². The van der Waals surface area contributed by atoms with Gasteiger partial charge < -0.3 is 38.4 Å². The summed E-state index contributed by atoms with van der Waals surface area (Å²) < 4.78 is 34.2. The molecule has 0 aliphatic carbocycles. The van der Waals surface area contributed by atoms with Gasteiger partial charge in [0.25, 0.3) is 0 Å². The van der Waals surface area contributed by atoms with E-state index in [1.807, 2.05) is 24.3 Å². The Bertz CT molecular complexity index is 1220. The van der Waals surface area contributed by atoms with Gasteiger partial charge in [-0.3, -0.25) is 4.79 Å². The summed E-state index contributed by atoms with van der Waals surface area (Å²) in [5.41, 5.74) is 0.927. The van der Waals surface area contributed by atoms with Gasteiger partial charge in [-0.2, -0.15) is 0 Å². The molecule has 0 radical (unpaired) electrons. The van der Waals surface area contributed by atoms with Crippen LogP contribution in [0.3, 0.4) is 0 Å². The summed E-state index contributed by atoms with van der Waals surface area (Å²) in [6.45, 7) is 13.5. The van der Waals surface area contributed by atoms with E-state index < -0.39 is 31.7 Å². The highest BCUT2D eigenvalue weighted by Gasteiger charge is 2.38. The fourth-order valence-electron chi connectivity index (χ4n) is 4.73. The second kappa shape index (κ2) is 14.8. The largest absolute Gasteiger partial charge is 0.497 e. The van der Waals surface area contributed by atoms with Gasteiger partial charge in [0, 0.05) is 45.8 Å². The molecule has 1 aliphatic heterocycles. The number of methoxy groups -OCH3 is 2. The average molecular weight is 618 g/mol. The number of carboxylic acids is 1. The number of nitrogens with zero attached hydrogens (tertiary/aromatic N) is 1. The SMILES string of the molecule is COc1cc(COc2cc(OCOCC[Si](C)(C)C)cc([C@H]3CCN(C(=O)OC(C)(C)C)CC3C(=O)O)c2)cc(OC)c1. The van der Waals surface area contributed by atoms with Crippen molar-refractivity contribution in [2.45, 2.75) is 71.0 Å². The van der Waals surface area contributed by atoms with Crippen LogP contribution in [0, 0.1) is 5.92 Å². The van der Waals surface area contributed by atoms with Gasteiger partial charge in [0.2, 0.25) is 0 Å². The number of aliphatic carboxylic acids is 1. The summed E-state index contributed by atoms with van der Waals surface area (Å²) in [6, 6.07) is 12.0. The highest BCUT2D eigenvalue weighted by atomic mass is 28.3. The Morgan fingerprint density at radius 2 is 1.53 bits per heavy atom. The summed E-state index contributed by atoms with van der Waals surface area (Å²) in [4.78, 5) is 26.6. The van der Waals surface area contributed by atoms with Crippen LogP contribution in [0.25, 0.3) is 0 Å². The molecule has 1 aliphatic rings. The van der Waals surface area contributed by atoms with Crippen LogP contribution < -0.4 is 18.9 Å². The predicted molar refractivity (Wildman–Crippen MR) is 166 cm³/mol. The Labute approximate surface area is 256 Å². The third-order valence-electron chi connectivity index (χ3n) is 7.03. The first-order valence-electron chi connectivity index (χ1n) is 14.6. The highest BCUT2D eigenvalue weighted by Crippen LogP contribution is 2.38. The molecule has 0 bridgehead atoms. The Balaban J connectivity index is 1.84. The van der Waals surface area contributed by atoms with Crippen LogP contribution in [0.15, 0.2) is 36.4 Å². The number of amides is 1. The molecule has 11 heteroatoms. The summed E-state index contributed by atoms with van der Waals surface area (Å²) in [6.07, 6.45) is -0.0682. The minimum atomic E-state index is -1.24. The fraction of sp³-hybridized carbons (Fsp3) is 0.562. The van der Waals surface area contributed by atoms with Crippen molar-refractivity contribution in [3.05, 3.63) is 47.5 Å². The summed E-state index contributed by atoms with van der Waals surface area (Å²) in [5, 5.41) is 10.2. The number of benzene rings is 2. The molecule has 2 aromatic carbocycles. The Morgan fingerprint density at radius 1 is 0.930 bits per heavy atom. The number of rotatable bonds is 13. The van der Waals surface area contributed by atoms with E-state index in [0.717, 1.165) is 17.2 Å². The lowest BCUT2D eigenvalue weighted by Crippen LogP contribution is -2.47. The predicted octanol–water partition coefficient (Wildman–Crippen LogP) is 6.40. The minimum Gasteiger partial charge on any atom is -0.497 e. The van der Waals surface area contributed by atoms with E-state index in [1.165, 1.54) is 4.90 Å². The first kappa shape index (κ1) is 34.1. The molecule has 43 heavy (non-hydrogen) atoms. The van der Waals surface area contributed by atoms with Gasteiger partial charge in [0.05, 0.1) is 20.1 Å². The number of likely N-dealkylation sites (tertiary alicyclic amines) is 1. The quantitative estimate of drug-likeness (QED) is 0.155. The molecule has 1 N–H and O–H groups in total. The second-order valence-electron chi connectivity index (χ2n) is 13.0. The van der Waals surface area contributed by atoms with Crippen LogP contribution in [-0.4, -0.2) is 76.5 Å². The van der Waals surface area contributed by atoms with Crippen molar-refractivity contribution in [3.8, 4) is 23.0 Å². The van der Waals surface area contributed by atoms with E-state index in [0.29, 0.717) is 42.6 Å². The Morgan fingerprint density at radius 3 is 2.09 bits per heavy atom. The third kappa shape index (κ3) is 11.0. The molecule has 238 valence electrons. The summed E-state index contributed by atoms with van der Waals surface area (Å²) in [7, 11) is 1.94. The Kier molecular flexibility index (Phi) is 11.7. The number of hydrogen-bond acceptors (Lipinski definition) is 8. The van der Waals surface area contributed by atoms with Crippen LogP contribution in [0.2, 0.25) is 25.7 Å². The molecule has 0 saturated carbocycles. The van der Waals surface area contributed by atoms with E-state index in [1.54, 1.807) is 47.1 Å². The molecule has 3 rings (SSSR count). The molecule has 0 aromatic heterocycles. The van der Waals surface area contributed by atoms with Gasteiger partial charge in [-0.05, 0) is 68.6 Å². The standard InChI is InChI=1S/C32H47NO9Si/c1-32(2,3)42-31(36)33-10-9-28(29(19-33)30(34)35)23-15-26(18-27(16-23)41-21-39-11-12-43(6,7)8)40-20-22-13-24(37-4)17-25(14-22)38-5/h13-18,28-29H,9-12,19-21H2,1-8H3,(H,34,35)/t28-,29?/m1/s1. The molecule has 1 amide bonds. The van der Waals surface area contributed by atoms with Crippen molar-refractivity contribution in [3.63, 3.8) is 0 Å². The van der Waals surface area contributed by atoms with E-state index in [9.17, 15) is 14.7 Å². The van der Waals surface area contributed by atoms with Crippen molar-refractivity contribution in [1.82, 2.24) is 4.90 Å². The van der Waals surface area contributed by atoms with E-state index in [2.05, 4.69) is 19.6 Å². The van der Waals surface area contributed by atoms with Crippen molar-refractivity contribution >= 4 is 20.1 Å². The molecule has 1 saturated heterocycles. The van der Waals surface area contributed by atoms with Gasteiger partial charge in [-0.25, -0.2) is 4.79 Å². The van der Waals surface area contributed by atoms with Crippen LogP contribution in [-0.2, 0) is 20.9 Å². The minimum absolute atomic E-state index is 0.0413. The Hall–Kier alpha value is -3.44. The van der Waals surface area contributed by atoms with Crippen LogP contribution in [0.1, 0.15) is 44.2 Å². The van der Waals surface area contributed by atoms with Crippen molar-refractivity contribution in [2.75, 3.05) is 40.7 Å². The summed E-state index contributed by atoms with van der Waals surface area (Å²) >= 11 is 0. The molecule has 2 atom stereocenters. The first-order valence-corrected chi connectivity index (χ1v) is 18.3. The maximum atomic E-state index is 12.7. The monoisotopic (exact) mass is 617 g/mol. The van der Waals surface area contributed by atoms with E-state index in [4.69, 9.17) is 28.4 Å². The van der Waals surface area contributed by atoms with Gasteiger partial charge in [0.15, 0.2) is 6.79 Å². The highest BCUT2D eigenvalue weighted by molar-refractivity contribution is 6.76. The van der Waals surface area contributed by atoms with Gasteiger partial charge in [-0.1, -0.05) is 19.6 Å². The lowest BCUT2D eigenvalue weighted by atomic mass is 9.80. The first-order chi connectivity index (χ1) is 20.2. The molecule has 1 heterocycles. The normalized spacial score (nSPS) is 17.3. The number of piperidine rings is 1. The number of carbonyl (C=O) groups excluding carboxylic acids is 1. The van der Waals surface area contributed by atoms with Crippen molar-refractivity contribution in [2.24, 2.45) is 5.92 Å². The zero-order chi connectivity index (χ0) is 31.8. The number of carboxylic acid groups (broad SMARTS) is 1. The zero-order valence-electron chi connectivity index (χ0n) is 26.7. The molecule has 1 fully saturated rings. The maximum absolute atomic E-state index is 12.7. The zero-order valence-corrected chi connectivity index (χ0v) is 27.7. The third-order valence-corrected chi connectivity index (χ3v) is 8.74. The van der Waals surface area contributed by atoms with Crippen LogP contribution >= 0.6 is 0 Å². The van der Waals surface area contributed by atoms with Crippen molar-refractivity contribution in [1.29, 1.82) is 0 Å². The van der Waals surface area contributed by atoms with Crippen molar-refractivity contribution < 1.29 is 43.1 Å². The number of carbonyl (C=O) groups is 2. The molecular weight excluding hydrogens is 570 g/mol. The topological polar surface area (TPSA) is 113 Å². The van der Waals surface area contributed by atoms with Gasteiger partial charge >= 0.3 is 12.1 Å². The molecule has 0 spiro atoms. The lowest BCUT2D eigenvalue weighted by molar-refractivity contribution is -0.144. The van der Waals surface area contributed by atoms with Crippen LogP contribution in [0.5, 0.6) is 23.0 Å². The molecule has 10 nitrogen and oxygen atoms in total. The lowest BCUT2D eigenvalue weighted by Gasteiger charge is -2.37. The van der Waals surface area contributed by atoms with Gasteiger partial charge in [-0.15, -0.1) is 0 Å².